The summed E-state index contributed by atoms with van der Waals surface area (Å²) in [5.41, 5.74) is -3.69. The highest BCUT2D eigenvalue weighted by molar-refractivity contribution is 9.10. The van der Waals surface area contributed by atoms with Crippen molar-refractivity contribution in [2.24, 2.45) is 0 Å². The van der Waals surface area contributed by atoms with Crippen LogP contribution in [0.15, 0.2) is 53.5 Å². The highest BCUT2D eigenvalue weighted by Gasteiger charge is 2.40. The van der Waals surface area contributed by atoms with E-state index in [1.807, 2.05) is 0 Å². The van der Waals surface area contributed by atoms with Crippen LogP contribution in [0, 0.1) is 5.95 Å². The van der Waals surface area contributed by atoms with E-state index in [0.29, 0.717) is 11.8 Å². The fraction of sp³-hybridized carbons (Fsp3) is 0.222. The molecule has 0 fully saturated rings. The van der Waals surface area contributed by atoms with Gasteiger partial charge in [-0.1, -0.05) is 15.9 Å². The Morgan fingerprint density at radius 3 is 2.39 bits per heavy atom. The number of halogens is 5. The van der Waals surface area contributed by atoms with Gasteiger partial charge in [0.2, 0.25) is 11.8 Å². The summed E-state index contributed by atoms with van der Waals surface area (Å²) < 4.78 is 61.5. The quantitative estimate of drug-likeness (QED) is 0.551. The van der Waals surface area contributed by atoms with Crippen LogP contribution in [0.4, 0.5) is 17.6 Å². The maximum absolute atomic E-state index is 13.6. The van der Waals surface area contributed by atoms with E-state index in [1.165, 1.54) is 0 Å². The highest BCUT2D eigenvalue weighted by atomic mass is 79.9. The zero-order chi connectivity index (χ0) is 20.5. The van der Waals surface area contributed by atoms with Crippen molar-refractivity contribution in [2.45, 2.75) is 25.2 Å². The maximum Gasteiger partial charge on any atom is 0.417 e. The molecular weight excluding hydrogens is 446 g/mol. The number of hydrogen-bond acceptors (Lipinski definition) is 4. The standard InChI is InChI=1S/C18H14BrF4N3O2/c1-17(27,9-26-10-24-8-15(26)20)14-7-25-16(6-13(14)18(21,22)23)28-12-4-2-11(19)3-5-12/h2-8,10,27H,9H2,1H3. The van der Waals surface area contributed by atoms with Gasteiger partial charge in [0.05, 0.1) is 24.6 Å². The molecule has 0 aliphatic carbocycles. The SMILES string of the molecule is CC(O)(Cn1cncc1F)c1cnc(Oc2ccc(Br)cc2)cc1C(F)(F)F. The van der Waals surface area contributed by atoms with Crippen molar-refractivity contribution >= 4 is 15.9 Å². The molecule has 0 bridgehead atoms. The summed E-state index contributed by atoms with van der Waals surface area (Å²) >= 11 is 3.25. The molecule has 1 atom stereocenters. The Labute approximate surface area is 165 Å². The lowest BCUT2D eigenvalue weighted by atomic mass is 9.92. The second-order valence-corrected chi connectivity index (χ2v) is 7.16. The Bertz CT molecular complexity index is 972. The number of imidazole rings is 1. The first kappa shape index (κ1) is 20.3. The van der Waals surface area contributed by atoms with Gasteiger partial charge in [0, 0.05) is 22.3 Å². The summed E-state index contributed by atoms with van der Waals surface area (Å²) in [7, 11) is 0. The lowest BCUT2D eigenvalue weighted by Gasteiger charge is -2.27. The third kappa shape index (κ3) is 4.50. The summed E-state index contributed by atoms with van der Waals surface area (Å²) in [4.78, 5) is 7.43. The normalized spacial score (nSPS) is 14.0. The Balaban J connectivity index is 1.96. The van der Waals surface area contributed by atoms with E-state index < -0.39 is 35.4 Å². The third-order valence-corrected chi connectivity index (χ3v) is 4.47. The highest BCUT2D eigenvalue weighted by Crippen LogP contribution is 2.39. The second kappa shape index (κ2) is 7.51. The third-order valence-electron chi connectivity index (χ3n) is 3.94. The summed E-state index contributed by atoms with van der Waals surface area (Å²) in [6, 6.07) is 7.16. The zero-order valence-corrected chi connectivity index (χ0v) is 16.0. The molecule has 10 heteroatoms. The number of ether oxygens (including phenoxy) is 1. The Morgan fingerprint density at radius 2 is 1.82 bits per heavy atom. The van der Waals surface area contributed by atoms with Gasteiger partial charge < -0.3 is 14.4 Å². The molecule has 2 aromatic heterocycles. The van der Waals surface area contributed by atoms with E-state index in [1.54, 1.807) is 24.3 Å². The Kier molecular flexibility index (Phi) is 5.44. The van der Waals surface area contributed by atoms with Crippen molar-refractivity contribution < 1.29 is 27.4 Å². The smallest absolute Gasteiger partial charge is 0.417 e. The maximum atomic E-state index is 13.6. The van der Waals surface area contributed by atoms with Gasteiger partial charge in [0.15, 0.2) is 0 Å². The van der Waals surface area contributed by atoms with Crippen LogP contribution < -0.4 is 4.74 Å². The first-order valence-electron chi connectivity index (χ1n) is 7.95. The Hall–Kier alpha value is -2.46. The molecule has 1 N–H and O–H groups in total. The molecule has 3 aromatic rings. The fourth-order valence-electron chi connectivity index (χ4n) is 2.62. The van der Waals surface area contributed by atoms with Gasteiger partial charge in [-0.2, -0.15) is 17.6 Å². The van der Waals surface area contributed by atoms with E-state index in [4.69, 9.17) is 4.74 Å². The van der Waals surface area contributed by atoms with E-state index >= 15 is 0 Å². The van der Waals surface area contributed by atoms with E-state index in [-0.39, 0.29) is 5.88 Å². The van der Waals surface area contributed by atoms with Crippen molar-refractivity contribution in [2.75, 3.05) is 0 Å². The minimum Gasteiger partial charge on any atom is -0.439 e. The van der Waals surface area contributed by atoms with E-state index in [2.05, 4.69) is 25.9 Å². The molecule has 0 aliphatic heterocycles. The molecule has 148 valence electrons. The second-order valence-electron chi connectivity index (χ2n) is 6.24. The van der Waals surface area contributed by atoms with Crippen molar-refractivity contribution in [3.63, 3.8) is 0 Å². The molecular formula is C18H14BrF4N3O2. The number of aliphatic hydroxyl groups is 1. The predicted octanol–water partition coefficient (Wildman–Crippen LogP) is 4.90. The molecule has 0 amide bonds. The van der Waals surface area contributed by atoms with Crippen molar-refractivity contribution in [1.82, 2.24) is 14.5 Å². The number of pyridine rings is 1. The van der Waals surface area contributed by atoms with Gasteiger partial charge in [0.1, 0.15) is 11.4 Å². The zero-order valence-electron chi connectivity index (χ0n) is 14.4. The van der Waals surface area contributed by atoms with Crippen LogP contribution in [-0.2, 0) is 18.3 Å². The molecule has 1 aromatic carbocycles. The minimum atomic E-state index is -4.78. The van der Waals surface area contributed by atoms with Crippen LogP contribution in [-0.4, -0.2) is 19.6 Å². The molecule has 0 aliphatic rings. The van der Waals surface area contributed by atoms with Crippen LogP contribution in [0.2, 0.25) is 0 Å². The van der Waals surface area contributed by atoms with Crippen LogP contribution >= 0.6 is 15.9 Å². The average molecular weight is 460 g/mol. The summed E-state index contributed by atoms with van der Waals surface area (Å²) in [5, 5.41) is 10.6. The van der Waals surface area contributed by atoms with Crippen molar-refractivity contribution in [1.29, 1.82) is 0 Å². The van der Waals surface area contributed by atoms with Gasteiger partial charge in [-0.3, -0.25) is 0 Å². The monoisotopic (exact) mass is 459 g/mol. The first-order valence-corrected chi connectivity index (χ1v) is 8.75. The van der Waals surface area contributed by atoms with Gasteiger partial charge in [-0.05, 0) is 31.2 Å². The lowest BCUT2D eigenvalue weighted by Crippen LogP contribution is -2.31. The van der Waals surface area contributed by atoms with Gasteiger partial charge in [0.25, 0.3) is 0 Å². The topological polar surface area (TPSA) is 60.2 Å². The molecule has 5 nitrogen and oxygen atoms in total. The molecule has 3 rings (SSSR count). The molecule has 0 saturated carbocycles. The average Bonchev–Trinajstić information content (AvgIpc) is 3.00. The van der Waals surface area contributed by atoms with Crippen LogP contribution in [0.5, 0.6) is 11.6 Å². The summed E-state index contributed by atoms with van der Waals surface area (Å²) in [6.45, 7) is 0.671. The molecule has 0 radical (unpaired) electrons. The number of aromatic nitrogens is 3. The van der Waals surface area contributed by atoms with Crippen molar-refractivity contribution in [3.8, 4) is 11.6 Å². The first-order chi connectivity index (χ1) is 13.1. The number of rotatable bonds is 5. The van der Waals surface area contributed by atoms with Gasteiger partial charge in [-0.25, -0.2) is 9.97 Å². The molecule has 1 unspecified atom stereocenters. The van der Waals surface area contributed by atoms with E-state index in [9.17, 15) is 22.7 Å². The van der Waals surface area contributed by atoms with Gasteiger partial charge in [-0.15, -0.1) is 0 Å². The lowest BCUT2D eigenvalue weighted by molar-refractivity contribution is -0.141. The Morgan fingerprint density at radius 1 is 1.14 bits per heavy atom. The largest absolute Gasteiger partial charge is 0.439 e. The number of hydrogen-bond donors (Lipinski definition) is 1. The number of alkyl halides is 3. The molecule has 0 saturated heterocycles. The van der Waals surface area contributed by atoms with Crippen molar-refractivity contribution in [3.05, 3.63) is 70.6 Å². The van der Waals surface area contributed by atoms with E-state index in [0.717, 1.165) is 34.7 Å². The van der Waals surface area contributed by atoms with Gasteiger partial charge >= 0.3 is 6.18 Å². The molecule has 2 heterocycles. The predicted molar refractivity (Wildman–Crippen MR) is 95.2 cm³/mol. The fourth-order valence-corrected chi connectivity index (χ4v) is 2.88. The molecule has 0 spiro atoms. The van der Waals surface area contributed by atoms with Crippen LogP contribution in [0.3, 0.4) is 0 Å². The molecule has 28 heavy (non-hydrogen) atoms. The summed E-state index contributed by atoms with van der Waals surface area (Å²) in [5.74, 6) is -0.774. The minimum absolute atomic E-state index is 0.289. The summed E-state index contributed by atoms with van der Waals surface area (Å²) in [6.07, 6.45) is -1.93. The number of nitrogens with zero attached hydrogens (tertiary/aromatic N) is 3. The van der Waals surface area contributed by atoms with Crippen LogP contribution in [0.1, 0.15) is 18.1 Å². The number of benzene rings is 1. The van der Waals surface area contributed by atoms with Crippen LogP contribution in [0.25, 0.3) is 0 Å².